The lowest BCUT2D eigenvalue weighted by atomic mass is 9.84. The quantitative estimate of drug-likeness (QED) is 0.280. The van der Waals surface area contributed by atoms with E-state index in [-0.39, 0.29) is 5.60 Å². The summed E-state index contributed by atoms with van der Waals surface area (Å²) in [6, 6.07) is 1.91. The van der Waals surface area contributed by atoms with Crippen LogP contribution in [-0.4, -0.2) is 41.9 Å². The number of rotatable bonds is 14. The van der Waals surface area contributed by atoms with E-state index in [9.17, 15) is 5.11 Å². The first-order valence-electron chi connectivity index (χ1n) is 15.0. The summed E-state index contributed by atoms with van der Waals surface area (Å²) in [5.74, 6) is 3.97. The summed E-state index contributed by atoms with van der Waals surface area (Å²) in [5, 5.41) is 10.8. The molecule has 4 nitrogen and oxygen atoms in total. The van der Waals surface area contributed by atoms with Crippen LogP contribution >= 0.6 is 0 Å². The van der Waals surface area contributed by atoms with E-state index in [1.807, 2.05) is 6.07 Å². The van der Waals surface area contributed by atoms with Gasteiger partial charge in [0.05, 0.1) is 13.2 Å². The van der Waals surface area contributed by atoms with Crippen LogP contribution in [0.3, 0.4) is 0 Å². The molecule has 0 aromatic heterocycles. The molecule has 3 rings (SSSR count). The molecule has 0 bridgehead atoms. The molecule has 2 heterocycles. The zero-order valence-corrected chi connectivity index (χ0v) is 24.3. The van der Waals surface area contributed by atoms with Gasteiger partial charge in [-0.25, -0.2) is 0 Å². The molecule has 1 fully saturated rings. The number of fused-ring (bicyclic) bond motifs is 1. The fourth-order valence-corrected chi connectivity index (χ4v) is 6.12. The first-order valence-corrected chi connectivity index (χ1v) is 15.0. The molecule has 0 aliphatic carbocycles. The van der Waals surface area contributed by atoms with Crippen LogP contribution in [0.25, 0.3) is 0 Å². The second-order valence-corrected chi connectivity index (χ2v) is 12.8. The molecule has 206 valence electrons. The Morgan fingerprint density at radius 2 is 1.56 bits per heavy atom. The number of phenolic OH excluding ortho intramolecular Hbond substituents is 1. The maximum Gasteiger partial charge on any atom is 0.126 e. The third-order valence-corrected chi connectivity index (χ3v) is 8.67. The van der Waals surface area contributed by atoms with Crippen molar-refractivity contribution >= 4 is 0 Å². The average Bonchev–Trinajstić information content (AvgIpc) is 2.82. The number of benzene rings is 1. The van der Waals surface area contributed by atoms with Gasteiger partial charge in [0, 0.05) is 30.8 Å². The highest BCUT2D eigenvalue weighted by molar-refractivity contribution is 5.54. The molecule has 1 aromatic carbocycles. The molecule has 1 aromatic rings. The van der Waals surface area contributed by atoms with Crippen molar-refractivity contribution in [2.75, 3.05) is 26.3 Å². The van der Waals surface area contributed by atoms with Gasteiger partial charge in [0.15, 0.2) is 0 Å². The summed E-state index contributed by atoms with van der Waals surface area (Å²) >= 11 is 0. The minimum atomic E-state index is -0.102. The Kier molecular flexibility index (Phi) is 11.4. The third kappa shape index (κ3) is 8.94. The van der Waals surface area contributed by atoms with E-state index in [0.717, 1.165) is 86.7 Å². The van der Waals surface area contributed by atoms with Gasteiger partial charge in [-0.1, -0.05) is 72.6 Å². The zero-order chi connectivity index (χ0) is 26.1. The summed E-state index contributed by atoms with van der Waals surface area (Å²) in [5.41, 5.74) is 3.25. The van der Waals surface area contributed by atoms with E-state index in [1.165, 1.54) is 56.9 Å². The Bertz CT molecular complexity index is 801. The van der Waals surface area contributed by atoms with E-state index in [0.29, 0.717) is 5.75 Å². The van der Waals surface area contributed by atoms with Crippen LogP contribution in [-0.2, 0) is 17.7 Å². The predicted molar refractivity (Wildman–Crippen MR) is 151 cm³/mol. The number of ether oxygens (including phenoxy) is 2. The van der Waals surface area contributed by atoms with Gasteiger partial charge in [0.25, 0.3) is 0 Å². The molecule has 0 radical (unpaired) electrons. The Balaban J connectivity index is 1.44. The van der Waals surface area contributed by atoms with Crippen molar-refractivity contribution in [3.05, 3.63) is 22.8 Å². The van der Waals surface area contributed by atoms with Gasteiger partial charge in [-0.05, 0) is 68.9 Å². The lowest BCUT2D eigenvalue weighted by Crippen LogP contribution is -2.38. The molecule has 0 spiro atoms. The lowest BCUT2D eigenvalue weighted by molar-refractivity contribution is 0.0325. The molecule has 0 saturated carbocycles. The van der Waals surface area contributed by atoms with Gasteiger partial charge >= 0.3 is 0 Å². The number of morpholine rings is 1. The first kappa shape index (κ1) is 29.3. The van der Waals surface area contributed by atoms with Crippen molar-refractivity contribution in [1.29, 1.82) is 0 Å². The molecule has 2 aliphatic heterocycles. The maximum atomic E-state index is 10.8. The Labute approximate surface area is 222 Å². The van der Waals surface area contributed by atoms with Crippen molar-refractivity contribution < 1.29 is 14.6 Å². The normalized spacial score (nSPS) is 22.3. The minimum absolute atomic E-state index is 0.102. The number of phenols is 1. The Morgan fingerprint density at radius 1 is 0.944 bits per heavy atom. The second kappa shape index (κ2) is 14.0. The van der Waals surface area contributed by atoms with Crippen molar-refractivity contribution in [3.8, 4) is 11.5 Å². The SMILES string of the molecule is Cc1cc(O)c(CN2CCOCC2)c2c1OC(C)(CCCC(C)CCCC(C)CCCC(C)C)CC2. The highest BCUT2D eigenvalue weighted by atomic mass is 16.5. The fraction of sp³-hybridized carbons (Fsp3) is 0.812. The molecule has 1 N–H and O–H groups in total. The van der Waals surface area contributed by atoms with E-state index < -0.39 is 0 Å². The van der Waals surface area contributed by atoms with Crippen LogP contribution in [0.15, 0.2) is 6.07 Å². The third-order valence-electron chi connectivity index (χ3n) is 8.67. The van der Waals surface area contributed by atoms with Gasteiger partial charge in [0.2, 0.25) is 0 Å². The lowest BCUT2D eigenvalue weighted by Gasteiger charge is -2.38. The summed E-state index contributed by atoms with van der Waals surface area (Å²) in [4.78, 5) is 2.38. The van der Waals surface area contributed by atoms with Gasteiger partial charge in [0.1, 0.15) is 17.1 Å². The van der Waals surface area contributed by atoms with Crippen LogP contribution < -0.4 is 4.74 Å². The van der Waals surface area contributed by atoms with Crippen LogP contribution in [0.4, 0.5) is 0 Å². The number of aryl methyl sites for hydroxylation is 1. The van der Waals surface area contributed by atoms with Crippen molar-refractivity contribution in [2.45, 2.75) is 124 Å². The van der Waals surface area contributed by atoms with E-state index in [1.54, 1.807) is 0 Å². The first-order chi connectivity index (χ1) is 17.2. The largest absolute Gasteiger partial charge is 0.508 e. The summed E-state index contributed by atoms with van der Waals surface area (Å²) in [6.45, 7) is 18.1. The van der Waals surface area contributed by atoms with Gasteiger partial charge in [-0.2, -0.15) is 0 Å². The average molecular weight is 502 g/mol. The summed E-state index contributed by atoms with van der Waals surface area (Å²) in [6.07, 6.45) is 13.9. The monoisotopic (exact) mass is 501 g/mol. The van der Waals surface area contributed by atoms with Crippen molar-refractivity contribution in [3.63, 3.8) is 0 Å². The molecule has 36 heavy (non-hydrogen) atoms. The van der Waals surface area contributed by atoms with Crippen molar-refractivity contribution in [2.24, 2.45) is 17.8 Å². The van der Waals surface area contributed by atoms with Crippen LogP contribution in [0.5, 0.6) is 11.5 Å². The molecular weight excluding hydrogens is 446 g/mol. The Hall–Kier alpha value is -1.26. The summed E-state index contributed by atoms with van der Waals surface area (Å²) < 4.78 is 12.2. The predicted octanol–water partition coefficient (Wildman–Crippen LogP) is 8.06. The molecule has 2 aliphatic rings. The smallest absolute Gasteiger partial charge is 0.126 e. The number of aromatic hydroxyl groups is 1. The van der Waals surface area contributed by atoms with E-state index in [4.69, 9.17) is 9.47 Å². The fourth-order valence-electron chi connectivity index (χ4n) is 6.12. The van der Waals surface area contributed by atoms with E-state index >= 15 is 0 Å². The molecule has 3 atom stereocenters. The zero-order valence-electron chi connectivity index (χ0n) is 24.3. The maximum absolute atomic E-state index is 10.8. The molecule has 1 saturated heterocycles. The van der Waals surface area contributed by atoms with Crippen LogP contribution in [0.2, 0.25) is 0 Å². The highest BCUT2D eigenvalue weighted by Crippen LogP contribution is 2.43. The van der Waals surface area contributed by atoms with E-state index in [2.05, 4.69) is 46.4 Å². The summed E-state index contributed by atoms with van der Waals surface area (Å²) in [7, 11) is 0. The molecule has 4 heteroatoms. The highest BCUT2D eigenvalue weighted by Gasteiger charge is 2.34. The number of nitrogens with zero attached hydrogens (tertiary/aromatic N) is 1. The molecule has 3 unspecified atom stereocenters. The number of hydrogen-bond acceptors (Lipinski definition) is 4. The second-order valence-electron chi connectivity index (χ2n) is 12.8. The molecule has 0 amide bonds. The number of hydrogen-bond donors (Lipinski definition) is 1. The minimum Gasteiger partial charge on any atom is -0.508 e. The van der Waals surface area contributed by atoms with Crippen LogP contribution in [0.1, 0.15) is 116 Å². The Morgan fingerprint density at radius 3 is 2.19 bits per heavy atom. The van der Waals surface area contributed by atoms with Gasteiger partial charge in [-0.15, -0.1) is 0 Å². The standard InChI is InChI=1S/C32H55NO3/c1-24(2)10-7-11-25(3)12-8-13-26(4)14-9-16-32(6)17-15-28-29(23-33-18-20-35-21-19-33)30(34)22-27(5)31(28)36-32/h22,24-26,34H,7-21,23H2,1-6H3. The van der Waals surface area contributed by atoms with Gasteiger partial charge < -0.3 is 14.6 Å². The van der Waals surface area contributed by atoms with Crippen LogP contribution in [0, 0.1) is 24.7 Å². The van der Waals surface area contributed by atoms with Crippen molar-refractivity contribution in [1.82, 2.24) is 4.90 Å². The van der Waals surface area contributed by atoms with Gasteiger partial charge in [-0.3, -0.25) is 4.90 Å². The topological polar surface area (TPSA) is 41.9 Å². The molecular formula is C32H55NO3.